The lowest BCUT2D eigenvalue weighted by molar-refractivity contribution is -0.141. The molecule has 0 bridgehead atoms. The Morgan fingerprint density at radius 1 is 0.970 bits per heavy atom. The van der Waals surface area contributed by atoms with E-state index in [2.05, 4.69) is 5.32 Å². The van der Waals surface area contributed by atoms with Gasteiger partial charge in [-0.3, -0.25) is 9.59 Å². The maximum Gasteiger partial charge on any atom is 0.247 e. The Hall–Kier alpha value is -2.99. The molecule has 1 unspecified atom stereocenters. The monoisotopic (exact) mass is 464 g/mol. The zero-order valence-corrected chi connectivity index (χ0v) is 19.4. The summed E-state index contributed by atoms with van der Waals surface area (Å²) in [6, 6.07) is 18.6. The topological polar surface area (TPSA) is 49.4 Å². The number of carbonyl (C=O) groups is 2. The van der Waals surface area contributed by atoms with Crippen LogP contribution in [0.3, 0.4) is 0 Å². The summed E-state index contributed by atoms with van der Waals surface area (Å²) in [5.74, 6) is -1.00. The SMILES string of the molecule is O=C(NC1CCCCC1)C(c1ccccc1F)N(Cc1ccccc1)C(=O)Cc1cccs1. The summed E-state index contributed by atoms with van der Waals surface area (Å²) in [5.41, 5.74) is 1.12. The molecular formula is C27H29FN2O2S. The Balaban J connectivity index is 1.69. The van der Waals surface area contributed by atoms with Crippen molar-refractivity contribution in [3.63, 3.8) is 0 Å². The summed E-state index contributed by atoms with van der Waals surface area (Å²) < 4.78 is 15.0. The quantitative estimate of drug-likeness (QED) is 0.468. The standard InChI is InChI=1S/C27H29FN2O2S/c28-24-16-8-7-15-23(24)26(27(32)29-21-12-5-2-6-13-21)30(19-20-10-3-1-4-11-20)25(31)18-22-14-9-17-33-22/h1,3-4,7-11,14-17,21,26H,2,5-6,12-13,18-19H2,(H,29,32). The Bertz CT molecular complexity index is 1050. The summed E-state index contributed by atoms with van der Waals surface area (Å²) in [7, 11) is 0. The van der Waals surface area contributed by atoms with Crippen LogP contribution < -0.4 is 5.32 Å². The molecule has 6 heteroatoms. The van der Waals surface area contributed by atoms with Crippen molar-refractivity contribution >= 4 is 23.2 Å². The van der Waals surface area contributed by atoms with E-state index in [9.17, 15) is 9.59 Å². The maximum atomic E-state index is 15.0. The molecule has 1 fully saturated rings. The third kappa shape index (κ3) is 6.08. The van der Waals surface area contributed by atoms with E-state index >= 15 is 4.39 Å². The van der Waals surface area contributed by atoms with Gasteiger partial charge >= 0.3 is 0 Å². The van der Waals surface area contributed by atoms with Gasteiger partial charge in [-0.25, -0.2) is 4.39 Å². The van der Waals surface area contributed by atoms with Crippen LogP contribution in [-0.2, 0) is 22.6 Å². The molecule has 1 atom stereocenters. The largest absolute Gasteiger partial charge is 0.351 e. The van der Waals surface area contributed by atoms with Crippen molar-refractivity contribution in [2.45, 2.75) is 57.2 Å². The van der Waals surface area contributed by atoms with E-state index in [0.29, 0.717) is 0 Å². The van der Waals surface area contributed by atoms with Crippen LogP contribution in [0.2, 0.25) is 0 Å². The van der Waals surface area contributed by atoms with Gasteiger partial charge in [0.25, 0.3) is 0 Å². The predicted molar refractivity (Wildman–Crippen MR) is 129 cm³/mol. The number of carbonyl (C=O) groups excluding carboxylic acids is 2. The average Bonchev–Trinajstić information content (AvgIpc) is 3.34. The molecule has 0 spiro atoms. The highest BCUT2D eigenvalue weighted by Gasteiger charge is 2.34. The number of nitrogens with one attached hydrogen (secondary N) is 1. The van der Waals surface area contributed by atoms with Gasteiger partial charge in [-0.15, -0.1) is 11.3 Å². The van der Waals surface area contributed by atoms with Crippen molar-refractivity contribution < 1.29 is 14.0 Å². The molecule has 1 aliphatic rings. The van der Waals surface area contributed by atoms with E-state index in [0.717, 1.165) is 36.1 Å². The second-order valence-corrected chi connectivity index (χ2v) is 9.56. The van der Waals surface area contributed by atoms with Crippen LogP contribution in [0.1, 0.15) is 54.1 Å². The van der Waals surface area contributed by atoms with Gasteiger partial charge in [0, 0.05) is 23.0 Å². The lowest BCUT2D eigenvalue weighted by Crippen LogP contribution is -2.47. The van der Waals surface area contributed by atoms with Crippen molar-refractivity contribution in [1.29, 1.82) is 0 Å². The number of amides is 2. The maximum absolute atomic E-state index is 15.0. The van der Waals surface area contributed by atoms with Crippen molar-refractivity contribution in [1.82, 2.24) is 10.2 Å². The van der Waals surface area contributed by atoms with Gasteiger partial charge in [0.2, 0.25) is 11.8 Å². The molecule has 1 heterocycles. The van der Waals surface area contributed by atoms with E-state index in [1.165, 1.54) is 28.7 Å². The van der Waals surface area contributed by atoms with Gasteiger partial charge in [-0.1, -0.05) is 73.9 Å². The first-order valence-electron chi connectivity index (χ1n) is 11.5. The first-order chi connectivity index (χ1) is 16.1. The molecule has 172 valence electrons. The Labute approximate surface area is 198 Å². The van der Waals surface area contributed by atoms with E-state index < -0.39 is 11.9 Å². The summed E-state index contributed by atoms with van der Waals surface area (Å²) >= 11 is 1.50. The van der Waals surface area contributed by atoms with Gasteiger partial charge in [0.1, 0.15) is 11.9 Å². The number of rotatable bonds is 8. The Morgan fingerprint density at radius 2 is 1.70 bits per heavy atom. The summed E-state index contributed by atoms with van der Waals surface area (Å²) in [4.78, 5) is 29.6. The smallest absolute Gasteiger partial charge is 0.247 e. The van der Waals surface area contributed by atoms with Crippen molar-refractivity contribution in [2.24, 2.45) is 0 Å². The first kappa shape index (κ1) is 23.2. The molecule has 0 radical (unpaired) electrons. The fourth-order valence-electron chi connectivity index (χ4n) is 4.44. The molecule has 0 aliphatic heterocycles. The van der Waals surface area contributed by atoms with Gasteiger partial charge < -0.3 is 10.2 Å². The lowest BCUT2D eigenvalue weighted by Gasteiger charge is -2.33. The molecule has 3 aromatic rings. The minimum absolute atomic E-state index is 0.0616. The van der Waals surface area contributed by atoms with Gasteiger partial charge in [0.05, 0.1) is 6.42 Å². The molecule has 1 N–H and O–H groups in total. The van der Waals surface area contributed by atoms with Crippen molar-refractivity contribution in [3.8, 4) is 0 Å². The summed E-state index contributed by atoms with van der Waals surface area (Å²) in [6.07, 6.45) is 5.31. The fraction of sp³-hybridized carbons (Fsp3) is 0.333. The average molecular weight is 465 g/mol. The highest BCUT2D eigenvalue weighted by Crippen LogP contribution is 2.28. The fourth-order valence-corrected chi connectivity index (χ4v) is 5.14. The second-order valence-electron chi connectivity index (χ2n) is 8.53. The third-order valence-corrected chi connectivity index (χ3v) is 7.01. The molecule has 4 nitrogen and oxygen atoms in total. The van der Waals surface area contributed by atoms with Gasteiger partial charge in [0.15, 0.2) is 0 Å². The minimum Gasteiger partial charge on any atom is -0.351 e. The number of hydrogen-bond donors (Lipinski definition) is 1. The van der Waals surface area contributed by atoms with Crippen molar-refractivity contribution in [3.05, 3.63) is 93.9 Å². The zero-order valence-electron chi connectivity index (χ0n) is 18.6. The number of benzene rings is 2. The van der Waals surface area contributed by atoms with E-state index in [-0.39, 0.29) is 36.4 Å². The van der Waals surface area contributed by atoms with Crippen LogP contribution in [0.4, 0.5) is 4.39 Å². The molecular weight excluding hydrogens is 435 g/mol. The number of halogens is 1. The molecule has 0 saturated heterocycles. The Kier molecular flexibility index (Phi) is 7.89. The highest BCUT2D eigenvalue weighted by molar-refractivity contribution is 7.10. The van der Waals surface area contributed by atoms with Gasteiger partial charge in [-0.05, 0) is 35.9 Å². The number of nitrogens with zero attached hydrogens (tertiary/aromatic N) is 1. The minimum atomic E-state index is -1.04. The van der Waals surface area contributed by atoms with Crippen LogP contribution in [0.25, 0.3) is 0 Å². The van der Waals surface area contributed by atoms with E-state index in [1.807, 2.05) is 47.8 Å². The molecule has 1 saturated carbocycles. The van der Waals surface area contributed by atoms with Crippen LogP contribution >= 0.6 is 11.3 Å². The molecule has 4 rings (SSSR count). The second kappa shape index (κ2) is 11.2. The normalized spacial score (nSPS) is 15.1. The number of hydrogen-bond acceptors (Lipinski definition) is 3. The van der Waals surface area contributed by atoms with Crippen LogP contribution in [0, 0.1) is 5.82 Å². The van der Waals surface area contributed by atoms with E-state index in [1.54, 1.807) is 18.2 Å². The summed E-state index contributed by atoms with van der Waals surface area (Å²) in [6.45, 7) is 0.224. The van der Waals surface area contributed by atoms with Crippen molar-refractivity contribution in [2.75, 3.05) is 0 Å². The first-order valence-corrected chi connectivity index (χ1v) is 12.4. The van der Waals surface area contributed by atoms with E-state index in [4.69, 9.17) is 0 Å². The summed E-state index contributed by atoms with van der Waals surface area (Å²) in [5, 5.41) is 5.05. The van der Waals surface area contributed by atoms with Gasteiger partial charge in [-0.2, -0.15) is 0 Å². The molecule has 2 amide bonds. The molecule has 2 aromatic carbocycles. The molecule has 1 aromatic heterocycles. The number of thiophene rings is 1. The van der Waals surface area contributed by atoms with Crippen LogP contribution in [0.5, 0.6) is 0 Å². The highest BCUT2D eigenvalue weighted by atomic mass is 32.1. The predicted octanol–water partition coefficient (Wildman–Crippen LogP) is 5.65. The molecule has 33 heavy (non-hydrogen) atoms. The lowest BCUT2D eigenvalue weighted by atomic mass is 9.94. The van der Waals surface area contributed by atoms with Crippen LogP contribution in [-0.4, -0.2) is 22.8 Å². The zero-order chi connectivity index (χ0) is 23.0. The van der Waals surface area contributed by atoms with Crippen LogP contribution in [0.15, 0.2) is 72.1 Å². The Morgan fingerprint density at radius 3 is 2.39 bits per heavy atom. The molecule has 1 aliphatic carbocycles. The third-order valence-electron chi connectivity index (χ3n) is 6.13.